The Bertz CT molecular complexity index is 914. The molecular formula is C23H30FNO5S. The van der Waals surface area contributed by atoms with Gasteiger partial charge in [0.1, 0.15) is 16.5 Å². The minimum absolute atomic E-state index is 0.0763. The largest absolute Gasteiger partial charge is 0.383 e. The summed E-state index contributed by atoms with van der Waals surface area (Å²) in [7, 11) is -2.46. The zero-order chi connectivity index (χ0) is 22.7. The molecule has 2 aromatic rings. The summed E-state index contributed by atoms with van der Waals surface area (Å²) in [5, 5.41) is 0. The molecule has 0 aliphatic carbocycles. The van der Waals surface area contributed by atoms with Crippen molar-refractivity contribution in [2.75, 3.05) is 20.3 Å². The molecule has 8 heteroatoms. The molecule has 0 aromatic heterocycles. The summed E-state index contributed by atoms with van der Waals surface area (Å²) in [6.07, 6.45) is 4.64. The highest BCUT2D eigenvalue weighted by molar-refractivity contribution is 7.87. The lowest BCUT2D eigenvalue weighted by Gasteiger charge is -2.23. The molecule has 0 aliphatic rings. The maximum Gasteiger partial charge on any atom is 0.339 e. The third kappa shape index (κ3) is 8.30. The van der Waals surface area contributed by atoms with Crippen LogP contribution >= 0.6 is 0 Å². The number of hydrogen-bond donors (Lipinski definition) is 0. The van der Waals surface area contributed by atoms with Crippen molar-refractivity contribution >= 4 is 16.0 Å². The average Bonchev–Trinajstić information content (AvgIpc) is 2.75. The van der Waals surface area contributed by atoms with Gasteiger partial charge in [-0.25, -0.2) is 4.39 Å². The highest BCUT2D eigenvalue weighted by Crippen LogP contribution is 2.20. The lowest BCUT2D eigenvalue weighted by atomic mass is 10.1. The molecule has 2 aromatic carbocycles. The maximum absolute atomic E-state index is 13.0. The van der Waals surface area contributed by atoms with Crippen LogP contribution in [0.1, 0.15) is 44.6 Å². The van der Waals surface area contributed by atoms with Crippen LogP contribution in [-0.2, 0) is 26.2 Å². The van der Waals surface area contributed by atoms with Gasteiger partial charge < -0.3 is 13.8 Å². The molecule has 0 saturated carbocycles. The lowest BCUT2D eigenvalue weighted by molar-refractivity contribution is -0.132. The number of amides is 1. The highest BCUT2D eigenvalue weighted by atomic mass is 32.2. The zero-order valence-electron chi connectivity index (χ0n) is 18.1. The smallest absolute Gasteiger partial charge is 0.339 e. The van der Waals surface area contributed by atoms with E-state index in [0.717, 1.165) is 55.5 Å². The number of nitrogens with zero attached hydrogens (tertiary/aromatic N) is 1. The molecule has 170 valence electrons. The lowest BCUT2D eigenvalue weighted by Crippen LogP contribution is -2.33. The van der Waals surface area contributed by atoms with Crippen molar-refractivity contribution in [1.29, 1.82) is 0 Å². The molecule has 6 nitrogen and oxygen atoms in total. The number of hydrogen-bond acceptors (Lipinski definition) is 5. The van der Waals surface area contributed by atoms with Gasteiger partial charge in [0, 0.05) is 26.6 Å². The Labute approximate surface area is 184 Å². The second-order valence-electron chi connectivity index (χ2n) is 7.25. The number of halogens is 1. The first kappa shape index (κ1) is 24.8. The third-order valence-electron chi connectivity index (χ3n) is 4.77. The Kier molecular flexibility index (Phi) is 9.94. The van der Waals surface area contributed by atoms with Crippen molar-refractivity contribution in [1.82, 2.24) is 4.90 Å². The molecule has 0 spiro atoms. The molecule has 0 heterocycles. The van der Waals surface area contributed by atoms with E-state index in [4.69, 9.17) is 8.92 Å². The summed E-state index contributed by atoms with van der Waals surface area (Å²) < 4.78 is 47.9. The summed E-state index contributed by atoms with van der Waals surface area (Å²) in [4.78, 5) is 14.2. The van der Waals surface area contributed by atoms with Gasteiger partial charge in [0.2, 0.25) is 5.91 Å². The van der Waals surface area contributed by atoms with Gasteiger partial charge in [-0.05, 0) is 48.4 Å². The fourth-order valence-electron chi connectivity index (χ4n) is 3.00. The average molecular weight is 452 g/mol. The van der Waals surface area contributed by atoms with Crippen molar-refractivity contribution in [3.8, 4) is 5.75 Å². The first-order valence-corrected chi connectivity index (χ1v) is 11.8. The topological polar surface area (TPSA) is 72.9 Å². The standard InChI is InChI=1S/C23H30FNO5S/c1-3-4-5-6-7-23(26)25(16-17-29-2)18-19-8-12-21(13-9-19)30-31(27,28)22-14-10-20(24)11-15-22/h8-15H,3-7,16-18H2,1-2H3. The van der Waals surface area contributed by atoms with Crippen LogP contribution in [0.3, 0.4) is 0 Å². The van der Waals surface area contributed by atoms with E-state index in [9.17, 15) is 17.6 Å². The second-order valence-corrected chi connectivity index (χ2v) is 8.80. The van der Waals surface area contributed by atoms with E-state index in [0.29, 0.717) is 26.1 Å². The Hall–Kier alpha value is -2.45. The van der Waals surface area contributed by atoms with Gasteiger partial charge in [0.15, 0.2) is 0 Å². The van der Waals surface area contributed by atoms with Crippen LogP contribution in [-0.4, -0.2) is 39.5 Å². The van der Waals surface area contributed by atoms with E-state index >= 15 is 0 Å². The van der Waals surface area contributed by atoms with Gasteiger partial charge >= 0.3 is 10.1 Å². The predicted octanol–water partition coefficient (Wildman–Crippen LogP) is 4.54. The predicted molar refractivity (Wildman–Crippen MR) is 117 cm³/mol. The molecule has 0 aliphatic heterocycles. The van der Waals surface area contributed by atoms with E-state index in [1.807, 2.05) is 0 Å². The summed E-state index contributed by atoms with van der Waals surface area (Å²) >= 11 is 0. The van der Waals surface area contributed by atoms with Gasteiger partial charge in [0.25, 0.3) is 0 Å². The normalized spacial score (nSPS) is 11.3. The second kappa shape index (κ2) is 12.4. The Morgan fingerprint density at radius 1 is 1.00 bits per heavy atom. The Balaban J connectivity index is 2.00. The van der Waals surface area contributed by atoms with Crippen molar-refractivity contribution in [3.63, 3.8) is 0 Å². The summed E-state index contributed by atoms with van der Waals surface area (Å²) in [5.74, 6) is -0.309. The van der Waals surface area contributed by atoms with Crippen LogP contribution in [0, 0.1) is 5.82 Å². The summed E-state index contributed by atoms with van der Waals surface area (Å²) in [6.45, 7) is 3.46. The van der Waals surface area contributed by atoms with Crippen LogP contribution in [0.2, 0.25) is 0 Å². The van der Waals surface area contributed by atoms with Gasteiger partial charge in [-0.15, -0.1) is 0 Å². The van der Waals surface area contributed by atoms with Crippen molar-refractivity contribution in [2.24, 2.45) is 0 Å². The summed E-state index contributed by atoms with van der Waals surface area (Å²) in [6, 6.07) is 10.9. The molecule has 0 radical (unpaired) electrons. The number of unbranched alkanes of at least 4 members (excludes halogenated alkanes) is 3. The quantitative estimate of drug-likeness (QED) is 0.330. The monoisotopic (exact) mass is 451 g/mol. The number of ether oxygens (including phenoxy) is 1. The number of rotatable bonds is 13. The molecule has 0 saturated heterocycles. The van der Waals surface area contributed by atoms with Crippen LogP contribution in [0.25, 0.3) is 0 Å². The first-order valence-electron chi connectivity index (χ1n) is 10.4. The van der Waals surface area contributed by atoms with E-state index < -0.39 is 15.9 Å². The van der Waals surface area contributed by atoms with Crippen LogP contribution in [0.15, 0.2) is 53.4 Å². The molecule has 31 heavy (non-hydrogen) atoms. The summed E-state index contributed by atoms with van der Waals surface area (Å²) in [5.41, 5.74) is 0.851. The maximum atomic E-state index is 13.0. The van der Waals surface area contributed by atoms with Crippen LogP contribution < -0.4 is 4.18 Å². The van der Waals surface area contributed by atoms with Gasteiger partial charge in [-0.3, -0.25) is 4.79 Å². The van der Waals surface area contributed by atoms with Gasteiger partial charge in [-0.1, -0.05) is 38.3 Å². The Morgan fingerprint density at radius 3 is 2.29 bits per heavy atom. The number of carbonyl (C=O) groups is 1. The molecule has 0 atom stereocenters. The highest BCUT2D eigenvalue weighted by Gasteiger charge is 2.17. The molecular weight excluding hydrogens is 421 g/mol. The SMILES string of the molecule is CCCCCCC(=O)N(CCOC)Cc1ccc(OS(=O)(=O)c2ccc(F)cc2)cc1. The minimum Gasteiger partial charge on any atom is -0.383 e. The molecule has 2 rings (SSSR count). The number of carbonyl (C=O) groups excluding carboxylic acids is 1. The Morgan fingerprint density at radius 2 is 1.68 bits per heavy atom. The van der Waals surface area contributed by atoms with Crippen LogP contribution in [0.4, 0.5) is 4.39 Å². The third-order valence-corrected chi connectivity index (χ3v) is 6.03. The van der Waals surface area contributed by atoms with Gasteiger partial charge in [-0.2, -0.15) is 8.42 Å². The van der Waals surface area contributed by atoms with E-state index in [1.54, 1.807) is 24.1 Å². The van der Waals surface area contributed by atoms with E-state index in [1.165, 1.54) is 12.1 Å². The molecule has 0 bridgehead atoms. The fourth-order valence-corrected chi connectivity index (χ4v) is 3.93. The first-order chi connectivity index (χ1) is 14.9. The fraction of sp³-hybridized carbons (Fsp3) is 0.435. The van der Waals surface area contributed by atoms with Gasteiger partial charge in [0.05, 0.1) is 6.61 Å². The number of benzene rings is 2. The minimum atomic E-state index is -4.05. The van der Waals surface area contributed by atoms with Crippen molar-refractivity contribution in [2.45, 2.75) is 50.5 Å². The van der Waals surface area contributed by atoms with Crippen molar-refractivity contribution in [3.05, 3.63) is 59.9 Å². The van der Waals surface area contributed by atoms with E-state index in [-0.39, 0.29) is 16.6 Å². The molecule has 1 amide bonds. The van der Waals surface area contributed by atoms with E-state index in [2.05, 4.69) is 6.92 Å². The van der Waals surface area contributed by atoms with Crippen LogP contribution in [0.5, 0.6) is 5.75 Å². The van der Waals surface area contributed by atoms with Crippen molar-refractivity contribution < 1.29 is 26.5 Å². The number of methoxy groups -OCH3 is 1. The molecule has 0 fully saturated rings. The molecule has 0 N–H and O–H groups in total. The molecule has 0 unspecified atom stereocenters. The zero-order valence-corrected chi connectivity index (χ0v) is 18.9.